The molecule has 0 aromatic carbocycles. The van der Waals surface area contributed by atoms with Crippen LogP contribution >= 0.6 is 11.6 Å². The van der Waals surface area contributed by atoms with Crippen molar-refractivity contribution in [1.82, 2.24) is 14.9 Å². The second-order valence-corrected chi connectivity index (χ2v) is 12.9. The van der Waals surface area contributed by atoms with Gasteiger partial charge in [-0.2, -0.15) is 0 Å². The van der Waals surface area contributed by atoms with E-state index in [9.17, 15) is 15.3 Å². The molecule has 2 atom stereocenters. The molecule has 1 aromatic rings. The SMILES string of the molecule is C[C@H]1CN(C(=O)OC(C)(C)C)CCCN1c1cc(Cl)nc(/C(O)=C2\CCC[C@@]3(CCCCC34OCCO4)C2=N)n1. The van der Waals surface area contributed by atoms with E-state index in [4.69, 9.17) is 30.8 Å². The summed E-state index contributed by atoms with van der Waals surface area (Å²) in [6.45, 7) is 10.4. The minimum absolute atomic E-state index is 0.0707. The molecule has 0 radical (unpaired) electrons. The Kier molecular flexibility index (Phi) is 8.07. The van der Waals surface area contributed by atoms with Crippen LogP contribution in [0.3, 0.4) is 0 Å². The molecule has 1 aromatic heterocycles. The van der Waals surface area contributed by atoms with Gasteiger partial charge in [0, 0.05) is 49.4 Å². The Hall–Kier alpha value is -2.43. The van der Waals surface area contributed by atoms with E-state index in [1.165, 1.54) is 0 Å². The summed E-state index contributed by atoms with van der Waals surface area (Å²) in [4.78, 5) is 25.7. The molecule has 5 rings (SSSR count). The summed E-state index contributed by atoms with van der Waals surface area (Å²) in [6.07, 6.45) is 6.11. The van der Waals surface area contributed by atoms with E-state index in [0.29, 0.717) is 56.4 Å². The second kappa shape index (κ2) is 11.1. The molecule has 4 aliphatic rings. The van der Waals surface area contributed by atoms with E-state index in [2.05, 4.69) is 9.88 Å². The van der Waals surface area contributed by atoms with Crippen LogP contribution in [0.15, 0.2) is 11.6 Å². The van der Waals surface area contributed by atoms with Gasteiger partial charge in [0.2, 0.25) is 0 Å². The zero-order valence-electron chi connectivity index (χ0n) is 24.1. The molecule has 2 saturated heterocycles. The van der Waals surface area contributed by atoms with Gasteiger partial charge in [-0.1, -0.05) is 18.0 Å². The highest BCUT2D eigenvalue weighted by molar-refractivity contribution is 6.29. The minimum atomic E-state index is -0.796. The lowest BCUT2D eigenvalue weighted by Gasteiger charge is -2.52. The number of fused-ring (bicyclic) bond motifs is 1. The Morgan fingerprint density at radius 1 is 1.12 bits per heavy atom. The number of anilines is 1. The first-order valence-electron chi connectivity index (χ1n) is 14.5. The molecule has 0 unspecified atom stereocenters. The van der Waals surface area contributed by atoms with Crippen LogP contribution in [0, 0.1) is 10.8 Å². The molecule has 2 aliphatic carbocycles. The van der Waals surface area contributed by atoms with Crippen molar-refractivity contribution in [3.63, 3.8) is 0 Å². The number of hydrogen-bond acceptors (Lipinski definition) is 9. The Labute approximate surface area is 241 Å². The van der Waals surface area contributed by atoms with E-state index >= 15 is 0 Å². The van der Waals surface area contributed by atoms with Crippen molar-refractivity contribution in [2.45, 2.75) is 96.5 Å². The normalized spacial score (nSPS) is 28.6. The lowest BCUT2D eigenvalue weighted by molar-refractivity contribution is -0.236. The first-order chi connectivity index (χ1) is 18.9. The van der Waals surface area contributed by atoms with E-state index in [1.54, 1.807) is 11.0 Å². The van der Waals surface area contributed by atoms with Crippen LogP contribution in [0.25, 0.3) is 5.76 Å². The van der Waals surface area contributed by atoms with Crippen molar-refractivity contribution in [2.75, 3.05) is 37.7 Å². The van der Waals surface area contributed by atoms with Crippen LogP contribution in [0.2, 0.25) is 5.15 Å². The lowest BCUT2D eigenvalue weighted by Crippen LogP contribution is -2.57. The van der Waals surface area contributed by atoms with Crippen LogP contribution < -0.4 is 4.90 Å². The Morgan fingerprint density at radius 3 is 2.55 bits per heavy atom. The molecular formula is C29H42ClN5O5. The molecular weight excluding hydrogens is 534 g/mol. The molecule has 4 fully saturated rings. The van der Waals surface area contributed by atoms with Crippen LogP contribution in [-0.2, 0) is 14.2 Å². The molecule has 2 N–H and O–H groups in total. The van der Waals surface area contributed by atoms with Crippen molar-refractivity contribution in [1.29, 1.82) is 5.41 Å². The minimum Gasteiger partial charge on any atom is -0.504 e. The number of halogens is 1. The molecule has 220 valence electrons. The number of nitrogens with one attached hydrogen (secondary N) is 1. The molecule has 10 nitrogen and oxygen atoms in total. The van der Waals surface area contributed by atoms with Gasteiger partial charge in [0.05, 0.1) is 18.6 Å². The topological polar surface area (TPSA) is 121 Å². The van der Waals surface area contributed by atoms with Crippen molar-refractivity contribution in [2.24, 2.45) is 5.41 Å². The molecule has 2 spiro atoms. The number of aliphatic hydroxyl groups is 1. The van der Waals surface area contributed by atoms with Gasteiger partial charge < -0.3 is 34.5 Å². The summed E-state index contributed by atoms with van der Waals surface area (Å²) in [5.74, 6) is -0.215. The summed E-state index contributed by atoms with van der Waals surface area (Å²) in [7, 11) is 0. The first-order valence-corrected chi connectivity index (χ1v) is 14.9. The number of allylic oxidation sites excluding steroid dienone is 1. The summed E-state index contributed by atoms with van der Waals surface area (Å²) in [5, 5.41) is 21.1. The predicted molar refractivity (Wildman–Crippen MR) is 153 cm³/mol. The quantitative estimate of drug-likeness (QED) is 0.338. The third kappa shape index (κ3) is 5.42. The molecule has 0 bridgehead atoms. The molecule has 2 aliphatic heterocycles. The first kappa shape index (κ1) is 29.1. The maximum Gasteiger partial charge on any atom is 0.410 e. The summed E-state index contributed by atoms with van der Waals surface area (Å²) >= 11 is 6.48. The van der Waals surface area contributed by atoms with Gasteiger partial charge in [0.25, 0.3) is 0 Å². The highest BCUT2D eigenvalue weighted by Gasteiger charge is 2.60. The number of carbonyl (C=O) groups is 1. The zero-order valence-corrected chi connectivity index (χ0v) is 24.9. The number of ether oxygens (including phenoxy) is 3. The molecule has 3 heterocycles. The fourth-order valence-corrected chi connectivity index (χ4v) is 7.03. The van der Waals surface area contributed by atoms with Gasteiger partial charge in [-0.05, 0) is 66.2 Å². The lowest BCUT2D eigenvalue weighted by atomic mass is 9.59. The van der Waals surface area contributed by atoms with E-state index in [1.807, 2.05) is 27.7 Å². The largest absolute Gasteiger partial charge is 0.504 e. The maximum atomic E-state index is 12.7. The maximum absolute atomic E-state index is 12.7. The third-order valence-electron chi connectivity index (χ3n) is 8.62. The third-order valence-corrected chi connectivity index (χ3v) is 8.82. The zero-order chi connectivity index (χ0) is 28.7. The number of nitrogens with zero attached hydrogens (tertiary/aromatic N) is 4. The van der Waals surface area contributed by atoms with Crippen LogP contribution in [0.4, 0.5) is 10.6 Å². The van der Waals surface area contributed by atoms with Gasteiger partial charge in [0.1, 0.15) is 16.6 Å². The van der Waals surface area contributed by atoms with E-state index in [-0.39, 0.29) is 28.9 Å². The predicted octanol–water partition coefficient (Wildman–Crippen LogP) is 5.74. The van der Waals surface area contributed by atoms with Crippen molar-refractivity contribution >= 4 is 35.0 Å². The number of aliphatic hydroxyl groups excluding tert-OH is 1. The van der Waals surface area contributed by atoms with Crippen molar-refractivity contribution in [3.05, 3.63) is 22.6 Å². The number of hydrogen-bond donors (Lipinski definition) is 2. The van der Waals surface area contributed by atoms with Gasteiger partial charge in [0.15, 0.2) is 17.4 Å². The molecule has 11 heteroatoms. The van der Waals surface area contributed by atoms with E-state index < -0.39 is 16.8 Å². The van der Waals surface area contributed by atoms with Crippen LogP contribution in [0.5, 0.6) is 0 Å². The standard InChI is InChI=1S/C29H42ClN5O5/c1-19-18-34(26(37)40-27(2,3)4)13-8-14-35(19)22-17-21(30)32-25(33-22)23(36)20-9-7-11-28(24(20)31)10-5-6-12-29(28)38-15-16-39-29/h17,19,31,36H,5-16,18H2,1-4H3/b23-20-,31-24?/t19-,28-/m0/s1. The molecule has 1 amide bonds. The van der Waals surface area contributed by atoms with Gasteiger partial charge in [-0.3, -0.25) is 0 Å². The molecule has 2 saturated carbocycles. The number of amides is 1. The van der Waals surface area contributed by atoms with E-state index in [0.717, 1.165) is 44.9 Å². The van der Waals surface area contributed by atoms with Gasteiger partial charge in [-0.15, -0.1) is 0 Å². The Morgan fingerprint density at radius 2 is 1.82 bits per heavy atom. The average molecular weight is 576 g/mol. The average Bonchev–Trinajstić information content (AvgIpc) is 3.27. The monoisotopic (exact) mass is 575 g/mol. The smallest absolute Gasteiger partial charge is 0.410 e. The van der Waals surface area contributed by atoms with Gasteiger partial charge in [-0.25, -0.2) is 14.8 Å². The fraction of sp³-hybridized carbons (Fsp3) is 0.724. The summed E-state index contributed by atoms with van der Waals surface area (Å²) < 4.78 is 18.0. The molecule has 40 heavy (non-hydrogen) atoms. The van der Waals surface area contributed by atoms with Crippen molar-refractivity contribution < 1.29 is 24.1 Å². The van der Waals surface area contributed by atoms with Crippen LogP contribution in [0.1, 0.15) is 84.9 Å². The Balaban J connectivity index is 1.42. The highest BCUT2D eigenvalue weighted by Crippen LogP contribution is 2.56. The van der Waals surface area contributed by atoms with Gasteiger partial charge >= 0.3 is 6.09 Å². The summed E-state index contributed by atoms with van der Waals surface area (Å²) in [5.41, 5.74) is -0.237. The Bertz CT molecular complexity index is 1170. The number of carbonyl (C=O) groups excluding carboxylic acids is 1. The number of rotatable bonds is 2. The summed E-state index contributed by atoms with van der Waals surface area (Å²) in [6, 6.07) is 1.62. The fourth-order valence-electron chi connectivity index (χ4n) is 6.85. The number of aromatic nitrogens is 2. The second-order valence-electron chi connectivity index (χ2n) is 12.5. The highest BCUT2D eigenvalue weighted by atomic mass is 35.5. The van der Waals surface area contributed by atoms with Crippen molar-refractivity contribution in [3.8, 4) is 0 Å². The van der Waals surface area contributed by atoms with Crippen LogP contribution in [-0.4, -0.2) is 82.1 Å².